The molecule has 30 heavy (non-hydrogen) atoms. The molecule has 0 fully saturated rings. The van der Waals surface area contributed by atoms with Gasteiger partial charge in [-0.3, -0.25) is 16.1 Å². The van der Waals surface area contributed by atoms with Crippen molar-refractivity contribution in [2.24, 2.45) is 5.84 Å². The molecule has 0 aliphatic heterocycles. The zero-order valence-electron chi connectivity index (χ0n) is 18.6. The van der Waals surface area contributed by atoms with E-state index in [1.807, 2.05) is 0 Å². The molecule has 0 unspecified atom stereocenters. The zero-order chi connectivity index (χ0) is 22.1. The van der Waals surface area contributed by atoms with Crippen LogP contribution in [0.5, 0.6) is 0 Å². The van der Waals surface area contributed by atoms with Gasteiger partial charge in [0.25, 0.3) is 10.0 Å². The number of benzene rings is 1. The summed E-state index contributed by atoms with van der Waals surface area (Å²) in [6.45, 7) is 2.70. The lowest BCUT2D eigenvalue weighted by atomic mass is 10.0. The second kappa shape index (κ2) is 16.3. The van der Waals surface area contributed by atoms with E-state index >= 15 is 0 Å². The number of sulfonamides is 1. The van der Waals surface area contributed by atoms with E-state index in [1.54, 1.807) is 12.1 Å². The van der Waals surface area contributed by atoms with Gasteiger partial charge in [0.2, 0.25) is 5.91 Å². The van der Waals surface area contributed by atoms with Crippen LogP contribution in [-0.4, -0.2) is 14.3 Å². The monoisotopic (exact) mass is 439 g/mol. The molecule has 172 valence electrons. The van der Waals surface area contributed by atoms with E-state index in [9.17, 15) is 13.2 Å². The molecule has 7 heteroatoms. The van der Waals surface area contributed by atoms with Gasteiger partial charge in [-0.1, -0.05) is 96.1 Å². The summed E-state index contributed by atoms with van der Waals surface area (Å²) in [5.41, 5.74) is 3.38. The Morgan fingerprint density at radius 1 is 0.800 bits per heavy atom. The molecule has 0 spiro atoms. The first-order valence-electron chi connectivity index (χ1n) is 11.6. The van der Waals surface area contributed by atoms with Crippen LogP contribution in [0.2, 0.25) is 0 Å². The van der Waals surface area contributed by atoms with Crippen molar-refractivity contribution in [3.8, 4) is 0 Å². The minimum atomic E-state index is -3.81. The van der Waals surface area contributed by atoms with Crippen LogP contribution in [0.25, 0.3) is 0 Å². The summed E-state index contributed by atoms with van der Waals surface area (Å²) in [4.78, 5) is 12.1. The SMILES string of the molecule is CCCCCCCCCCCCCCCC(=O)NS(=O)(=O)c1ccc(CNN)cc1. The molecule has 0 aliphatic carbocycles. The van der Waals surface area contributed by atoms with Crippen molar-refractivity contribution in [3.05, 3.63) is 29.8 Å². The molecule has 0 heterocycles. The van der Waals surface area contributed by atoms with Crippen LogP contribution < -0.4 is 16.0 Å². The molecule has 6 nitrogen and oxygen atoms in total. The standard InChI is InChI=1S/C23H41N3O3S/c1-2-3-4-5-6-7-8-9-10-11-12-13-14-15-23(27)26-30(28,29)22-18-16-21(17-19-22)20-25-24/h16-19,25H,2-15,20,24H2,1H3,(H,26,27). The number of hydrazine groups is 1. The van der Waals surface area contributed by atoms with Crippen LogP contribution in [-0.2, 0) is 21.4 Å². The molecule has 1 rings (SSSR count). The number of nitrogens with two attached hydrogens (primary N) is 1. The van der Waals surface area contributed by atoms with Crippen molar-refractivity contribution in [1.29, 1.82) is 0 Å². The first-order valence-corrected chi connectivity index (χ1v) is 13.1. The third-order valence-corrected chi connectivity index (χ3v) is 6.68. The van der Waals surface area contributed by atoms with Gasteiger partial charge in [0.15, 0.2) is 0 Å². The fourth-order valence-electron chi connectivity index (χ4n) is 3.47. The van der Waals surface area contributed by atoms with E-state index in [1.165, 1.54) is 76.3 Å². The van der Waals surface area contributed by atoms with Gasteiger partial charge in [-0.15, -0.1) is 0 Å². The number of carbonyl (C=O) groups is 1. The summed E-state index contributed by atoms with van der Waals surface area (Å²) < 4.78 is 26.7. The summed E-state index contributed by atoms with van der Waals surface area (Å²) in [5, 5.41) is 0. The zero-order valence-corrected chi connectivity index (χ0v) is 19.4. The highest BCUT2D eigenvalue weighted by molar-refractivity contribution is 7.90. The number of hydrogen-bond donors (Lipinski definition) is 3. The van der Waals surface area contributed by atoms with E-state index in [0.29, 0.717) is 6.54 Å². The van der Waals surface area contributed by atoms with Crippen LogP contribution in [0, 0.1) is 0 Å². The van der Waals surface area contributed by atoms with Gasteiger partial charge in [-0.05, 0) is 24.1 Å². The molecule has 0 aliphatic rings. The highest BCUT2D eigenvalue weighted by atomic mass is 32.2. The number of unbranched alkanes of at least 4 members (excludes halogenated alkanes) is 12. The maximum Gasteiger partial charge on any atom is 0.264 e. The van der Waals surface area contributed by atoms with Crippen LogP contribution in [0.15, 0.2) is 29.2 Å². The van der Waals surface area contributed by atoms with Crippen molar-refractivity contribution >= 4 is 15.9 Å². The average Bonchev–Trinajstić information content (AvgIpc) is 2.72. The van der Waals surface area contributed by atoms with Gasteiger partial charge >= 0.3 is 0 Å². The Bertz CT molecular complexity index is 675. The van der Waals surface area contributed by atoms with Crippen molar-refractivity contribution in [2.45, 2.75) is 108 Å². The lowest BCUT2D eigenvalue weighted by molar-refractivity contribution is -0.119. The number of nitrogens with one attached hydrogen (secondary N) is 2. The predicted octanol–water partition coefficient (Wildman–Crippen LogP) is 4.94. The van der Waals surface area contributed by atoms with Gasteiger partial charge in [0.1, 0.15) is 0 Å². The number of hydrogen-bond acceptors (Lipinski definition) is 5. The van der Waals surface area contributed by atoms with Crippen LogP contribution in [0.1, 0.15) is 102 Å². The quantitative estimate of drug-likeness (QED) is 0.171. The van der Waals surface area contributed by atoms with E-state index in [0.717, 1.165) is 24.8 Å². The largest absolute Gasteiger partial charge is 0.274 e. The minimum absolute atomic E-state index is 0.0852. The summed E-state index contributed by atoms with van der Waals surface area (Å²) >= 11 is 0. The van der Waals surface area contributed by atoms with Crippen LogP contribution in [0.3, 0.4) is 0 Å². The molecule has 1 aromatic rings. The van der Waals surface area contributed by atoms with Crippen molar-refractivity contribution in [1.82, 2.24) is 10.1 Å². The highest BCUT2D eigenvalue weighted by Gasteiger charge is 2.17. The number of carbonyl (C=O) groups excluding carboxylic acids is 1. The summed E-state index contributed by atoms with van der Waals surface area (Å²) in [6.07, 6.45) is 16.3. The van der Waals surface area contributed by atoms with Crippen molar-refractivity contribution in [2.75, 3.05) is 0 Å². The second-order valence-corrected chi connectivity index (χ2v) is 9.73. The lowest BCUT2D eigenvalue weighted by Crippen LogP contribution is -2.30. The molecule has 0 bridgehead atoms. The van der Waals surface area contributed by atoms with E-state index in [2.05, 4.69) is 17.1 Å². The number of rotatable bonds is 18. The first kappa shape index (κ1) is 26.6. The molecular formula is C23H41N3O3S. The van der Waals surface area contributed by atoms with Crippen molar-refractivity contribution < 1.29 is 13.2 Å². The maximum absolute atomic E-state index is 12.3. The Morgan fingerprint density at radius 3 is 1.73 bits per heavy atom. The van der Waals surface area contributed by atoms with E-state index in [-0.39, 0.29) is 11.3 Å². The Morgan fingerprint density at radius 2 is 1.27 bits per heavy atom. The van der Waals surface area contributed by atoms with Gasteiger partial charge in [0, 0.05) is 13.0 Å². The molecule has 0 atom stereocenters. The fourth-order valence-corrected chi connectivity index (χ4v) is 4.48. The summed E-state index contributed by atoms with van der Waals surface area (Å²) in [7, 11) is -3.81. The summed E-state index contributed by atoms with van der Waals surface area (Å²) in [6, 6.07) is 6.30. The molecule has 0 aromatic heterocycles. The smallest absolute Gasteiger partial charge is 0.264 e. The molecule has 0 radical (unpaired) electrons. The van der Waals surface area contributed by atoms with Crippen LogP contribution in [0.4, 0.5) is 0 Å². The van der Waals surface area contributed by atoms with Gasteiger partial charge in [-0.2, -0.15) is 0 Å². The molecule has 0 saturated heterocycles. The van der Waals surface area contributed by atoms with Crippen molar-refractivity contribution in [3.63, 3.8) is 0 Å². The fraction of sp³-hybridized carbons (Fsp3) is 0.696. The third kappa shape index (κ3) is 12.3. The molecule has 4 N–H and O–H groups in total. The topological polar surface area (TPSA) is 101 Å². The molecule has 1 aromatic carbocycles. The van der Waals surface area contributed by atoms with E-state index in [4.69, 9.17) is 5.84 Å². The van der Waals surface area contributed by atoms with Gasteiger partial charge in [-0.25, -0.2) is 13.1 Å². The lowest BCUT2D eigenvalue weighted by Gasteiger charge is -2.08. The van der Waals surface area contributed by atoms with E-state index < -0.39 is 15.9 Å². The van der Waals surface area contributed by atoms with Crippen LogP contribution >= 0.6 is 0 Å². The normalized spacial score (nSPS) is 11.5. The Labute approximate surface area is 183 Å². The molecule has 0 saturated carbocycles. The Kier molecular flexibility index (Phi) is 14.4. The molecule has 1 amide bonds. The number of amides is 1. The predicted molar refractivity (Wildman–Crippen MR) is 123 cm³/mol. The highest BCUT2D eigenvalue weighted by Crippen LogP contribution is 2.14. The Balaban J connectivity index is 2.07. The first-order chi connectivity index (χ1) is 14.5. The average molecular weight is 440 g/mol. The van der Waals surface area contributed by atoms with Gasteiger partial charge < -0.3 is 0 Å². The van der Waals surface area contributed by atoms with Gasteiger partial charge in [0.05, 0.1) is 4.90 Å². The Hall–Kier alpha value is -1.44. The molecular weight excluding hydrogens is 398 g/mol. The second-order valence-electron chi connectivity index (χ2n) is 8.05. The minimum Gasteiger partial charge on any atom is -0.274 e. The summed E-state index contributed by atoms with van der Waals surface area (Å²) in [5.74, 6) is 4.81. The maximum atomic E-state index is 12.3. The third-order valence-electron chi connectivity index (χ3n) is 5.30.